The lowest BCUT2D eigenvalue weighted by molar-refractivity contribution is -0.144. The lowest BCUT2D eigenvalue weighted by Gasteiger charge is -2.32. The molecular weight excluding hydrogens is 414 g/mol. The van der Waals surface area contributed by atoms with Gasteiger partial charge in [0.25, 0.3) is 0 Å². The zero-order valence-corrected chi connectivity index (χ0v) is 19.6. The highest BCUT2D eigenvalue weighted by Crippen LogP contribution is 2.34. The summed E-state index contributed by atoms with van der Waals surface area (Å²) in [5.41, 5.74) is 1.14. The number of nitrogens with zero attached hydrogens (tertiary/aromatic N) is 3. The third-order valence-corrected chi connectivity index (χ3v) is 8.50. The van der Waals surface area contributed by atoms with E-state index in [1.54, 1.807) is 32.3 Å². The second-order valence-corrected chi connectivity index (χ2v) is 11.8. The molecule has 2 fully saturated rings. The fraction of sp³-hybridized carbons (Fsp3) is 0.652. The van der Waals surface area contributed by atoms with Gasteiger partial charge in [-0.15, -0.1) is 0 Å². The van der Waals surface area contributed by atoms with Gasteiger partial charge in [-0.3, -0.25) is 9.59 Å². The Morgan fingerprint density at radius 3 is 2.35 bits per heavy atom. The van der Waals surface area contributed by atoms with Crippen LogP contribution in [-0.2, 0) is 26.0 Å². The molecule has 2 saturated heterocycles. The molecule has 0 aromatic heterocycles. The number of benzene rings is 1. The molecule has 1 unspecified atom stereocenters. The van der Waals surface area contributed by atoms with E-state index in [1.165, 1.54) is 0 Å². The number of carbonyl (C=O) groups excluding carboxylic acids is 2. The molecule has 0 aliphatic carbocycles. The lowest BCUT2D eigenvalue weighted by atomic mass is 9.94. The quantitative estimate of drug-likeness (QED) is 0.714. The maximum atomic E-state index is 13.4. The molecule has 4 rings (SSSR count). The third kappa shape index (κ3) is 4.12. The molecule has 3 heterocycles. The summed E-state index contributed by atoms with van der Waals surface area (Å²) in [5.74, 6) is -0.0498. The Balaban J connectivity index is 1.55. The summed E-state index contributed by atoms with van der Waals surface area (Å²) < 4.78 is 27.6. The predicted octanol–water partition coefficient (Wildman–Crippen LogP) is 2.79. The minimum absolute atomic E-state index is 0.00532. The number of likely N-dealkylation sites (tertiary alicyclic amines) is 1. The Morgan fingerprint density at radius 1 is 0.968 bits per heavy atom. The van der Waals surface area contributed by atoms with Gasteiger partial charge >= 0.3 is 0 Å². The number of hydrogen-bond acceptors (Lipinski definition) is 4. The molecule has 31 heavy (non-hydrogen) atoms. The van der Waals surface area contributed by atoms with Crippen LogP contribution >= 0.6 is 0 Å². The van der Waals surface area contributed by atoms with Gasteiger partial charge in [-0.25, -0.2) is 8.42 Å². The number of fused-ring (bicyclic) bond motifs is 1. The van der Waals surface area contributed by atoms with Crippen molar-refractivity contribution in [2.45, 2.75) is 70.2 Å². The van der Waals surface area contributed by atoms with Crippen LogP contribution in [0.1, 0.15) is 58.4 Å². The largest absolute Gasteiger partial charge is 0.330 e. The molecule has 0 spiro atoms. The number of hydrogen-bond donors (Lipinski definition) is 0. The summed E-state index contributed by atoms with van der Waals surface area (Å²) in [6, 6.07) is 4.69. The maximum absolute atomic E-state index is 13.4. The standard InChI is InChI=1S/C23H33N3O4S/c1-23(2,3)22(28)26-14-7-8-20(26)21(27)25-15-11-17-16-18(9-10-19(17)25)31(29,30)24-12-5-4-6-13-24/h9-10,16,20H,4-8,11-15H2,1-3H3. The topological polar surface area (TPSA) is 78.0 Å². The van der Waals surface area contributed by atoms with Crippen LogP contribution in [0.5, 0.6) is 0 Å². The molecule has 2 amide bonds. The molecule has 0 N–H and O–H groups in total. The fourth-order valence-electron chi connectivity index (χ4n) is 4.90. The first-order chi connectivity index (χ1) is 14.6. The number of piperidine rings is 1. The Labute approximate surface area is 185 Å². The van der Waals surface area contributed by atoms with E-state index < -0.39 is 21.5 Å². The molecule has 8 heteroatoms. The Kier molecular flexibility index (Phi) is 5.89. The first kappa shape index (κ1) is 22.3. The lowest BCUT2D eigenvalue weighted by Crippen LogP contribution is -2.50. The van der Waals surface area contributed by atoms with Gasteiger partial charge in [-0.1, -0.05) is 27.2 Å². The van der Waals surface area contributed by atoms with Crippen molar-refractivity contribution in [2.75, 3.05) is 31.1 Å². The molecule has 1 aromatic rings. The van der Waals surface area contributed by atoms with E-state index in [2.05, 4.69) is 0 Å². The van der Waals surface area contributed by atoms with Crippen molar-refractivity contribution in [1.82, 2.24) is 9.21 Å². The van der Waals surface area contributed by atoms with Crippen molar-refractivity contribution < 1.29 is 18.0 Å². The highest BCUT2D eigenvalue weighted by Gasteiger charge is 2.41. The fourth-order valence-corrected chi connectivity index (χ4v) is 6.47. The van der Waals surface area contributed by atoms with E-state index in [1.807, 2.05) is 20.8 Å². The smallest absolute Gasteiger partial charge is 0.249 e. The van der Waals surface area contributed by atoms with Crippen molar-refractivity contribution in [1.29, 1.82) is 0 Å². The van der Waals surface area contributed by atoms with Crippen molar-refractivity contribution in [3.05, 3.63) is 23.8 Å². The Morgan fingerprint density at radius 2 is 1.68 bits per heavy atom. The van der Waals surface area contributed by atoms with Gasteiger partial charge in [-0.2, -0.15) is 4.31 Å². The average Bonchev–Trinajstić information content (AvgIpc) is 3.39. The molecule has 3 aliphatic heterocycles. The number of amides is 2. The van der Waals surface area contributed by atoms with Gasteiger partial charge in [0.15, 0.2) is 0 Å². The summed E-state index contributed by atoms with van der Waals surface area (Å²) in [4.78, 5) is 30.0. The molecule has 0 bridgehead atoms. The van der Waals surface area contributed by atoms with Crippen LogP contribution in [0.2, 0.25) is 0 Å². The zero-order chi connectivity index (χ0) is 22.4. The van der Waals surface area contributed by atoms with Crippen molar-refractivity contribution in [3.8, 4) is 0 Å². The zero-order valence-electron chi connectivity index (χ0n) is 18.8. The highest BCUT2D eigenvalue weighted by molar-refractivity contribution is 7.89. The van der Waals surface area contributed by atoms with Crippen LogP contribution in [0.25, 0.3) is 0 Å². The predicted molar refractivity (Wildman–Crippen MR) is 119 cm³/mol. The monoisotopic (exact) mass is 447 g/mol. The number of carbonyl (C=O) groups is 2. The minimum Gasteiger partial charge on any atom is -0.330 e. The van der Waals surface area contributed by atoms with Crippen LogP contribution in [0.3, 0.4) is 0 Å². The Hall–Kier alpha value is -1.93. The number of sulfonamides is 1. The summed E-state index contributed by atoms with van der Waals surface area (Å²) in [7, 11) is -3.50. The first-order valence-corrected chi connectivity index (χ1v) is 12.8. The first-order valence-electron chi connectivity index (χ1n) is 11.4. The van der Waals surface area contributed by atoms with Gasteiger partial charge in [0, 0.05) is 37.3 Å². The molecular formula is C23H33N3O4S. The molecule has 7 nitrogen and oxygen atoms in total. The molecule has 1 atom stereocenters. The summed E-state index contributed by atoms with van der Waals surface area (Å²) in [6.45, 7) is 7.92. The molecule has 170 valence electrons. The van der Waals surface area contributed by atoms with Gasteiger partial charge < -0.3 is 9.80 Å². The normalized spacial score (nSPS) is 22.6. The average molecular weight is 448 g/mol. The van der Waals surface area contributed by atoms with E-state index in [0.717, 1.165) is 36.9 Å². The van der Waals surface area contributed by atoms with Crippen LogP contribution < -0.4 is 4.90 Å². The molecule has 3 aliphatic rings. The van der Waals surface area contributed by atoms with E-state index in [-0.39, 0.29) is 11.8 Å². The van der Waals surface area contributed by atoms with Gasteiger partial charge in [0.1, 0.15) is 6.04 Å². The van der Waals surface area contributed by atoms with Crippen LogP contribution in [0.15, 0.2) is 23.1 Å². The van der Waals surface area contributed by atoms with Gasteiger partial charge in [-0.05, 0) is 55.9 Å². The van der Waals surface area contributed by atoms with Crippen LogP contribution in [0, 0.1) is 5.41 Å². The highest BCUT2D eigenvalue weighted by atomic mass is 32.2. The van der Waals surface area contributed by atoms with Crippen molar-refractivity contribution in [3.63, 3.8) is 0 Å². The summed E-state index contributed by atoms with van der Waals surface area (Å²) in [5, 5.41) is 0. The van der Waals surface area contributed by atoms with E-state index in [4.69, 9.17) is 0 Å². The van der Waals surface area contributed by atoms with Crippen molar-refractivity contribution in [2.24, 2.45) is 5.41 Å². The molecule has 0 saturated carbocycles. The van der Waals surface area contributed by atoms with E-state index in [0.29, 0.717) is 43.9 Å². The minimum atomic E-state index is -3.50. The number of rotatable bonds is 3. The van der Waals surface area contributed by atoms with Gasteiger partial charge in [0.2, 0.25) is 21.8 Å². The molecule has 1 aromatic carbocycles. The SMILES string of the molecule is CC(C)(C)C(=O)N1CCCC1C(=O)N1CCc2cc(S(=O)(=O)N3CCCCC3)ccc21. The van der Waals surface area contributed by atoms with Gasteiger partial charge in [0.05, 0.1) is 4.90 Å². The molecule has 0 radical (unpaired) electrons. The van der Waals surface area contributed by atoms with Crippen LogP contribution in [-0.4, -0.2) is 61.7 Å². The van der Waals surface area contributed by atoms with E-state index in [9.17, 15) is 18.0 Å². The Bertz CT molecular complexity index is 977. The third-order valence-electron chi connectivity index (χ3n) is 6.61. The summed E-state index contributed by atoms with van der Waals surface area (Å²) >= 11 is 0. The van der Waals surface area contributed by atoms with E-state index >= 15 is 0 Å². The maximum Gasteiger partial charge on any atom is 0.249 e. The second-order valence-electron chi connectivity index (χ2n) is 9.90. The number of anilines is 1. The summed E-state index contributed by atoms with van der Waals surface area (Å²) in [6.07, 6.45) is 5.00. The van der Waals surface area contributed by atoms with Crippen LogP contribution in [0.4, 0.5) is 5.69 Å². The second kappa shape index (κ2) is 8.20. The van der Waals surface area contributed by atoms with Crippen molar-refractivity contribution >= 4 is 27.5 Å².